The predicted molar refractivity (Wildman–Crippen MR) is 77.0 cm³/mol. The molecule has 0 fully saturated rings. The van der Waals surface area contributed by atoms with Crippen LogP contribution in [0.3, 0.4) is 0 Å². The van der Waals surface area contributed by atoms with Crippen molar-refractivity contribution < 1.29 is 0 Å². The number of hydrogen-bond donors (Lipinski definition) is 1. The van der Waals surface area contributed by atoms with E-state index in [1.807, 2.05) is 11.8 Å². The normalized spacial score (nSPS) is 14.9. The monoisotopic (exact) mass is 260 g/mol. The molecule has 18 heavy (non-hydrogen) atoms. The minimum absolute atomic E-state index is 0.0774. The van der Waals surface area contributed by atoms with E-state index in [0.29, 0.717) is 6.54 Å². The zero-order valence-corrected chi connectivity index (χ0v) is 11.9. The first kappa shape index (κ1) is 13.5. The Balaban J connectivity index is 2.14. The molecular formula is C15H20N2S. The quantitative estimate of drug-likeness (QED) is 0.667. The highest BCUT2D eigenvalue weighted by atomic mass is 32.2. The minimum Gasteiger partial charge on any atom is -0.304 e. The maximum atomic E-state index is 8.58. The molecule has 1 aliphatic rings. The summed E-state index contributed by atoms with van der Waals surface area (Å²) in [6.07, 6.45) is 2.49. The first-order chi connectivity index (χ1) is 8.63. The average Bonchev–Trinajstić information content (AvgIpc) is 2.38. The van der Waals surface area contributed by atoms with E-state index in [9.17, 15) is 0 Å². The Bertz CT molecular complexity index is 460. The van der Waals surface area contributed by atoms with Gasteiger partial charge in [-0.25, -0.2) is 0 Å². The molecule has 1 N–H and O–H groups in total. The second-order valence-electron chi connectivity index (χ2n) is 5.42. The summed E-state index contributed by atoms with van der Waals surface area (Å²) in [5, 5.41) is 11.8. The van der Waals surface area contributed by atoms with Crippen LogP contribution in [0.5, 0.6) is 0 Å². The molecule has 0 spiro atoms. The lowest BCUT2D eigenvalue weighted by atomic mass is 9.83. The van der Waals surface area contributed by atoms with Crippen molar-refractivity contribution in [2.75, 3.05) is 18.8 Å². The van der Waals surface area contributed by atoms with Crippen LogP contribution in [-0.4, -0.2) is 18.8 Å². The molecule has 0 unspecified atom stereocenters. The van der Waals surface area contributed by atoms with Gasteiger partial charge in [0, 0.05) is 16.9 Å². The van der Waals surface area contributed by atoms with Gasteiger partial charge in [0.1, 0.15) is 0 Å². The van der Waals surface area contributed by atoms with Gasteiger partial charge in [-0.3, -0.25) is 0 Å². The third-order valence-electron chi connectivity index (χ3n) is 3.46. The Morgan fingerprint density at radius 1 is 1.44 bits per heavy atom. The SMILES string of the molecule is CC(C)(CNCC#N)c1ccc2c(c1)CCCS2. The van der Waals surface area contributed by atoms with Gasteiger partial charge in [-0.05, 0) is 35.8 Å². The molecule has 2 rings (SSSR count). The highest BCUT2D eigenvalue weighted by Gasteiger charge is 2.22. The Hall–Kier alpha value is -0.980. The van der Waals surface area contributed by atoms with Crippen molar-refractivity contribution in [2.45, 2.75) is 37.0 Å². The number of nitrogens with zero attached hydrogens (tertiary/aromatic N) is 1. The Morgan fingerprint density at radius 2 is 2.28 bits per heavy atom. The first-order valence-electron chi connectivity index (χ1n) is 6.47. The van der Waals surface area contributed by atoms with Gasteiger partial charge in [0.15, 0.2) is 0 Å². The van der Waals surface area contributed by atoms with Crippen LogP contribution in [0.25, 0.3) is 0 Å². The van der Waals surface area contributed by atoms with E-state index in [-0.39, 0.29) is 5.41 Å². The summed E-state index contributed by atoms with van der Waals surface area (Å²) in [5.41, 5.74) is 2.94. The number of rotatable bonds is 4. The molecule has 2 nitrogen and oxygen atoms in total. The van der Waals surface area contributed by atoms with Crippen LogP contribution in [0.4, 0.5) is 0 Å². The standard InChI is InChI=1S/C15H20N2S/c1-15(2,11-17-8-7-16)13-5-6-14-12(10-13)4-3-9-18-14/h5-6,10,17H,3-4,8-9,11H2,1-2H3. The fourth-order valence-corrected chi connectivity index (χ4v) is 3.33. The Kier molecular flexibility index (Phi) is 4.31. The van der Waals surface area contributed by atoms with Crippen LogP contribution in [-0.2, 0) is 11.8 Å². The summed E-state index contributed by atoms with van der Waals surface area (Å²) < 4.78 is 0. The molecule has 0 aromatic heterocycles. The van der Waals surface area contributed by atoms with Gasteiger partial charge < -0.3 is 5.32 Å². The van der Waals surface area contributed by atoms with Crippen LogP contribution in [0.2, 0.25) is 0 Å². The number of nitrogens with one attached hydrogen (secondary N) is 1. The van der Waals surface area contributed by atoms with Crippen molar-refractivity contribution in [1.82, 2.24) is 5.32 Å². The second kappa shape index (κ2) is 5.77. The smallest absolute Gasteiger partial charge is 0.0841 e. The van der Waals surface area contributed by atoms with E-state index in [1.165, 1.54) is 34.6 Å². The number of nitriles is 1. The predicted octanol–water partition coefficient (Wildman–Crippen LogP) is 3.12. The van der Waals surface area contributed by atoms with Gasteiger partial charge in [-0.2, -0.15) is 5.26 Å². The highest BCUT2D eigenvalue weighted by molar-refractivity contribution is 7.99. The summed E-state index contributed by atoms with van der Waals surface area (Å²) in [4.78, 5) is 1.45. The van der Waals surface area contributed by atoms with Crippen molar-refractivity contribution in [3.63, 3.8) is 0 Å². The van der Waals surface area contributed by atoms with Crippen molar-refractivity contribution in [1.29, 1.82) is 5.26 Å². The maximum Gasteiger partial charge on any atom is 0.0841 e. The molecule has 1 heterocycles. The lowest BCUT2D eigenvalue weighted by molar-refractivity contribution is 0.484. The van der Waals surface area contributed by atoms with Gasteiger partial charge in [0.05, 0.1) is 12.6 Å². The molecule has 0 saturated carbocycles. The number of fused-ring (bicyclic) bond motifs is 1. The number of thioether (sulfide) groups is 1. The highest BCUT2D eigenvalue weighted by Crippen LogP contribution is 2.33. The molecule has 96 valence electrons. The topological polar surface area (TPSA) is 35.8 Å². The molecule has 0 atom stereocenters. The maximum absolute atomic E-state index is 8.58. The number of hydrogen-bond acceptors (Lipinski definition) is 3. The fraction of sp³-hybridized carbons (Fsp3) is 0.533. The van der Waals surface area contributed by atoms with Gasteiger partial charge in [-0.1, -0.05) is 26.0 Å². The van der Waals surface area contributed by atoms with Crippen LogP contribution < -0.4 is 5.32 Å². The van der Waals surface area contributed by atoms with Gasteiger partial charge in [0.25, 0.3) is 0 Å². The van der Waals surface area contributed by atoms with Gasteiger partial charge in [0.2, 0.25) is 0 Å². The lowest BCUT2D eigenvalue weighted by Gasteiger charge is -2.27. The lowest BCUT2D eigenvalue weighted by Crippen LogP contribution is -2.33. The molecule has 0 radical (unpaired) electrons. The molecule has 0 bridgehead atoms. The molecule has 0 amide bonds. The number of benzene rings is 1. The van der Waals surface area contributed by atoms with E-state index in [0.717, 1.165) is 6.54 Å². The third kappa shape index (κ3) is 3.07. The van der Waals surface area contributed by atoms with E-state index in [1.54, 1.807) is 0 Å². The van der Waals surface area contributed by atoms with Gasteiger partial charge >= 0.3 is 0 Å². The molecule has 0 aliphatic carbocycles. The summed E-state index contributed by atoms with van der Waals surface area (Å²) in [7, 11) is 0. The van der Waals surface area contributed by atoms with Crippen LogP contribution in [0.15, 0.2) is 23.1 Å². The van der Waals surface area contributed by atoms with E-state index in [2.05, 4.69) is 43.4 Å². The van der Waals surface area contributed by atoms with Crippen LogP contribution in [0, 0.1) is 11.3 Å². The van der Waals surface area contributed by atoms with Crippen molar-refractivity contribution >= 4 is 11.8 Å². The summed E-state index contributed by atoms with van der Waals surface area (Å²) in [6, 6.07) is 8.99. The molecule has 3 heteroatoms. The fourth-order valence-electron chi connectivity index (χ4n) is 2.31. The van der Waals surface area contributed by atoms with Crippen molar-refractivity contribution in [2.24, 2.45) is 0 Å². The Labute approximate surface area is 114 Å². The summed E-state index contributed by atoms with van der Waals surface area (Å²) in [5.74, 6) is 1.25. The third-order valence-corrected chi connectivity index (χ3v) is 4.66. The van der Waals surface area contributed by atoms with E-state index < -0.39 is 0 Å². The zero-order valence-electron chi connectivity index (χ0n) is 11.1. The molecule has 1 aromatic rings. The van der Waals surface area contributed by atoms with Crippen molar-refractivity contribution in [3.05, 3.63) is 29.3 Å². The molecule has 0 saturated heterocycles. The minimum atomic E-state index is 0.0774. The number of aryl methyl sites for hydroxylation is 1. The Morgan fingerprint density at radius 3 is 3.06 bits per heavy atom. The molecule has 1 aromatic carbocycles. The van der Waals surface area contributed by atoms with Crippen molar-refractivity contribution in [3.8, 4) is 6.07 Å². The van der Waals surface area contributed by atoms with E-state index >= 15 is 0 Å². The first-order valence-corrected chi connectivity index (χ1v) is 7.46. The van der Waals surface area contributed by atoms with Crippen LogP contribution >= 0.6 is 11.8 Å². The van der Waals surface area contributed by atoms with Gasteiger partial charge in [-0.15, -0.1) is 11.8 Å². The largest absolute Gasteiger partial charge is 0.304 e. The second-order valence-corrected chi connectivity index (χ2v) is 6.56. The zero-order chi connectivity index (χ0) is 13.0. The summed E-state index contributed by atoms with van der Waals surface area (Å²) >= 11 is 1.97. The molecule has 1 aliphatic heterocycles. The van der Waals surface area contributed by atoms with Crippen LogP contribution in [0.1, 0.15) is 31.4 Å². The summed E-state index contributed by atoms with van der Waals surface area (Å²) in [6.45, 7) is 5.72. The molecular weight excluding hydrogens is 240 g/mol. The van der Waals surface area contributed by atoms with E-state index in [4.69, 9.17) is 5.26 Å². The average molecular weight is 260 g/mol.